The molecule has 1 aromatic heterocycles. The second-order valence-electron chi connectivity index (χ2n) is 2.74. The van der Waals surface area contributed by atoms with Gasteiger partial charge in [0.1, 0.15) is 5.75 Å². The van der Waals surface area contributed by atoms with Crippen LogP contribution in [0.4, 0.5) is 0 Å². The van der Waals surface area contributed by atoms with E-state index in [2.05, 4.69) is 32.6 Å². The van der Waals surface area contributed by atoms with Crippen molar-refractivity contribution in [2.45, 2.75) is 0 Å². The summed E-state index contributed by atoms with van der Waals surface area (Å²) >= 11 is 7.88. The summed E-state index contributed by atoms with van der Waals surface area (Å²) < 4.78 is 6.37. The molecule has 0 bridgehead atoms. The van der Waals surface area contributed by atoms with Crippen molar-refractivity contribution in [2.24, 2.45) is 0 Å². The Balaban J connectivity index is 2.15. The Morgan fingerprint density at radius 3 is 2.27 bits per heavy atom. The molecule has 2 aromatic rings. The summed E-state index contributed by atoms with van der Waals surface area (Å²) in [5, 5.41) is 0.672. The zero-order valence-electron chi connectivity index (χ0n) is 7.52. The summed E-state index contributed by atoms with van der Waals surface area (Å²) in [7, 11) is 0. The molecule has 0 spiro atoms. The van der Waals surface area contributed by atoms with Gasteiger partial charge in [0.05, 0.1) is 0 Å². The van der Waals surface area contributed by atoms with Crippen molar-refractivity contribution in [1.29, 1.82) is 0 Å². The van der Waals surface area contributed by atoms with E-state index < -0.39 is 0 Å². The first kappa shape index (κ1) is 10.6. The number of ether oxygens (including phenoxy) is 1. The molecule has 0 aliphatic rings. The highest BCUT2D eigenvalue weighted by atomic mass is 127. The highest BCUT2D eigenvalue weighted by Crippen LogP contribution is 2.19. The van der Waals surface area contributed by atoms with Crippen molar-refractivity contribution in [1.82, 2.24) is 9.97 Å². The standard InChI is InChI=1S/C10H6ClIN2O/c11-7-1-3-9(4-2-7)15-10-13-5-8(12)6-14-10/h1-6H. The molecule has 0 radical (unpaired) electrons. The molecule has 2 rings (SSSR count). The number of hydrogen-bond acceptors (Lipinski definition) is 3. The Bertz CT molecular complexity index is 400. The van der Waals surface area contributed by atoms with E-state index in [-0.39, 0.29) is 0 Å². The van der Waals surface area contributed by atoms with Gasteiger partial charge >= 0.3 is 6.01 Å². The first-order valence-electron chi connectivity index (χ1n) is 4.15. The van der Waals surface area contributed by atoms with Crippen LogP contribution in [0.25, 0.3) is 0 Å². The van der Waals surface area contributed by atoms with Crippen LogP contribution in [0, 0.1) is 3.57 Å². The number of rotatable bonds is 2. The Hall–Kier alpha value is -0.880. The fraction of sp³-hybridized carbons (Fsp3) is 0. The summed E-state index contributed by atoms with van der Waals surface area (Å²) in [4.78, 5) is 8.04. The summed E-state index contributed by atoms with van der Waals surface area (Å²) in [6.07, 6.45) is 3.39. The van der Waals surface area contributed by atoms with Crippen molar-refractivity contribution >= 4 is 34.2 Å². The topological polar surface area (TPSA) is 35.0 Å². The molecule has 0 atom stereocenters. The zero-order chi connectivity index (χ0) is 10.7. The van der Waals surface area contributed by atoms with E-state index >= 15 is 0 Å². The lowest BCUT2D eigenvalue weighted by Crippen LogP contribution is -1.91. The number of benzene rings is 1. The number of halogens is 2. The van der Waals surface area contributed by atoms with Gasteiger partial charge in [-0.1, -0.05) is 11.6 Å². The molecule has 76 valence electrons. The van der Waals surface area contributed by atoms with Crippen molar-refractivity contribution in [3.05, 3.63) is 45.3 Å². The monoisotopic (exact) mass is 332 g/mol. The first-order chi connectivity index (χ1) is 7.24. The van der Waals surface area contributed by atoms with E-state index in [1.165, 1.54) is 0 Å². The lowest BCUT2D eigenvalue weighted by Gasteiger charge is -2.02. The molecule has 0 saturated carbocycles. The van der Waals surface area contributed by atoms with Crippen molar-refractivity contribution < 1.29 is 4.74 Å². The minimum atomic E-state index is 0.331. The predicted octanol–water partition coefficient (Wildman–Crippen LogP) is 3.53. The first-order valence-corrected chi connectivity index (χ1v) is 5.61. The fourth-order valence-electron chi connectivity index (χ4n) is 0.961. The normalized spacial score (nSPS) is 10.0. The van der Waals surface area contributed by atoms with Crippen LogP contribution in [-0.2, 0) is 0 Å². The average Bonchev–Trinajstić information content (AvgIpc) is 2.25. The minimum absolute atomic E-state index is 0.331. The largest absolute Gasteiger partial charge is 0.424 e. The van der Waals surface area contributed by atoms with E-state index in [0.29, 0.717) is 16.8 Å². The molecule has 1 heterocycles. The van der Waals surface area contributed by atoms with Gasteiger partial charge in [-0.05, 0) is 46.9 Å². The lowest BCUT2D eigenvalue weighted by atomic mass is 10.3. The van der Waals surface area contributed by atoms with Gasteiger partial charge in [-0.15, -0.1) is 0 Å². The zero-order valence-corrected chi connectivity index (χ0v) is 10.4. The van der Waals surface area contributed by atoms with Crippen LogP contribution in [0.3, 0.4) is 0 Å². The molecule has 1 aromatic carbocycles. The molecule has 15 heavy (non-hydrogen) atoms. The molecule has 5 heteroatoms. The third kappa shape index (κ3) is 3.04. The molecule has 0 fully saturated rings. The number of aromatic nitrogens is 2. The average molecular weight is 333 g/mol. The quantitative estimate of drug-likeness (QED) is 0.789. The third-order valence-electron chi connectivity index (χ3n) is 1.62. The van der Waals surface area contributed by atoms with E-state index in [1.807, 2.05) is 0 Å². The van der Waals surface area contributed by atoms with Gasteiger partial charge < -0.3 is 4.74 Å². The Kier molecular flexibility index (Phi) is 3.37. The fourth-order valence-corrected chi connectivity index (χ4v) is 1.37. The van der Waals surface area contributed by atoms with Gasteiger partial charge in [0.2, 0.25) is 0 Å². The lowest BCUT2D eigenvalue weighted by molar-refractivity contribution is 0.441. The van der Waals surface area contributed by atoms with E-state index in [1.54, 1.807) is 36.7 Å². The highest BCUT2D eigenvalue weighted by molar-refractivity contribution is 14.1. The molecule has 0 saturated heterocycles. The number of nitrogens with zero attached hydrogens (tertiary/aromatic N) is 2. The summed E-state index contributed by atoms with van der Waals surface area (Å²) in [5.74, 6) is 0.667. The Labute approximate surface area is 106 Å². The molecular weight excluding hydrogens is 326 g/mol. The van der Waals surface area contributed by atoms with E-state index in [0.717, 1.165) is 3.57 Å². The van der Waals surface area contributed by atoms with Crippen molar-refractivity contribution in [3.8, 4) is 11.8 Å². The molecule has 0 unspecified atom stereocenters. The van der Waals surface area contributed by atoms with Gasteiger partial charge in [-0.25, -0.2) is 9.97 Å². The van der Waals surface area contributed by atoms with E-state index in [4.69, 9.17) is 16.3 Å². The van der Waals surface area contributed by atoms with Crippen molar-refractivity contribution in [3.63, 3.8) is 0 Å². The number of hydrogen-bond donors (Lipinski definition) is 0. The highest BCUT2D eigenvalue weighted by Gasteiger charge is 1.99. The predicted molar refractivity (Wildman–Crippen MR) is 66.3 cm³/mol. The maximum atomic E-state index is 5.75. The van der Waals surface area contributed by atoms with Crippen LogP contribution in [0.2, 0.25) is 5.02 Å². The van der Waals surface area contributed by atoms with Gasteiger partial charge in [0.15, 0.2) is 0 Å². The maximum absolute atomic E-state index is 5.75. The van der Waals surface area contributed by atoms with Crippen LogP contribution in [0.5, 0.6) is 11.8 Å². The SMILES string of the molecule is Clc1ccc(Oc2ncc(I)cn2)cc1. The van der Waals surface area contributed by atoms with Gasteiger partial charge in [0, 0.05) is 21.0 Å². The van der Waals surface area contributed by atoms with Gasteiger partial charge in [0.25, 0.3) is 0 Å². The molecule has 0 amide bonds. The molecule has 0 aliphatic heterocycles. The molecular formula is C10H6ClIN2O. The van der Waals surface area contributed by atoms with Crippen LogP contribution in [0.1, 0.15) is 0 Å². The summed E-state index contributed by atoms with van der Waals surface area (Å²) in [6, 6.07) is 7.37. The van der Waals surface area contributed by atoms with Gasteiger partial charge in [-0.2, -0.15) is 0 Å². The van der Waals surface area contributed by atoms with Gasteiger partial charge in [-0.3, -0.25) is 0 Å². The Morgan fingerprint density at radius 2 is 1.67 bits per heavy atom. The maximum Gasteiger partial charge on any atom is 0.321 e. The van der Waals surface area contributed by atoms with Crippen LogP contribution < -0.4 is 4.74 Å². The molecule has 0 N–H and O–H groups in total. The minimum Gasteiger partial charge on any atom is -0.424 e. The second-order valence-corrected chi connectivity index (χ2v) is 4.42. The molecule has 0 aliphatic carbocycles. The second kappa shape index (κ2) is 4.76. The van der Waals surface area contributed by atoms with Crippen molar-refractivity contribution in [2.75, 3.05) is 0 Å². The summed E-state index contributed by atoms with van der Waals surface area (Å²) in [6.45, 7) is 0. The van der Waals surface area contributed by atoms with Crippen LogP contribution in [0.15, 0.2) is 36.7 Å². The van der Waals surface area contributed by atoms with E-state index in [9.17, 15) is 0 Å². The van der Waals surface area contributed by atoms with Crippen LogP contribution >= 0.6 is 34.2 Å². The Morgan fingerprint density at radius 1 is 1.07 bits per heavy atom. The molecule has 3 nitrogen and oxygen atoms in total. The third-order valence-corrected chi connectivity index (χ3v) is 2.43. The van der Waals surface area contributed by atoms with Crippen LogP contribution in [-0.4, -0.2) is 9.97 Å². The smallest absolute Gasteiger partial charge is 0.321 e. The summed E-state index contributed by atoms with van der Waals surface area (Å²) in [5.41, 5.74) is 0.